The third-order valence-corrected chi connectivity index (χ3v) is 5.05. The van der Waals surface area contributed by atoms with Gasteiger partial charge in [0.2, 0.25) is 0 Å². The molecule has 1 unspecified atom stereocenters. The summed E-state index contributed by atoms with van der Waals surface area (Å²) in [6, 6.07) is 16.0. The molecule has 2 aromatic carbocycles. The van der Waals surface area contributed by atoms with Crippen LogP contribution in [0.5, 0.6) is 0 Å². The number of rotatable bonds is 5. The summed E-state index contributed by atoms with van der Waals surface area (Å²) in [5.74, 6) is 6.47. The summed E-state index contributed by atoms with van der Waals surface area (Å²) >= 11 is 11.3. The molecule has 0 heterocycles. The van der Waals surface area contributed by atoms with Crippen molar-refractivity contribution in [3.63, 3.8) is 0 Å². The standard InChI is InChI=1S/C14H14BrClN2S/c15-12-6-1-2-7-14(12)19-9-13(18-17)10-4-3-5-11(16)8-10/h1-8,13,18H,9,17H2. The molecule has 19 heavy (non-hydrogen) atoms. The van der Waals surface area contributed by atoms with E-state index in [2.05, 4.69) is 27.4 Å². The Balaban J connectivity index is 2.06. The Morgan fingerprint density at radius 2 is 2.00 bits per heavy atom. The monoisotopic (exact) mass is 356 g/mol. The summed E-state index contributed by atoms with van der Waals surface area (Å²) in [4.78, 5) is 1.20. The highest BCUT2D eigenvalue weighted by Gasteiger charge is 2.11. The Morgan fingerprint density at radius 3 is 2.68 bits per heavy atom. The lowest BCUT2D eigenvalue weighted by atomic mass is 10.1. The first-order chi connectivity index (χ1) is 9.20. The summed E-state index contributed by atoms with van der Waals surface area (Å²) in [6.45, 7) is 0. The minimum absolute atomic E-state index is 0.0656. The quantitative estimate of drug-likeness (QED) is 0.473. The highest BCUT2D eigenvalue weighted by atomic mass is 79.9. The van der Waals surface area contributed by atoms with Crippen LogP contribution in [0.3, 0.4) is 0 Å². The van der Waals surface area contributed by atoms with Gasteiger partial charge in [0.25, 0.3) is 0 Å². The molecule has 5 heteroatoms. The fourth-order valence-electron chi connectivity index (χ4n) is 1.70. The van der Waals surface area contributed by atoms with Crippen molar-refractivity contribution in [3.05, 3.63) is 63.6 Å². The summed E-state index contributed by atoms with van der Waals surface area (Å²) in [6.07, 6.45) is 0. The van der Waals surface area contributed by atoms with E-state index in [0.29, 0.717) is 0 Å². The molecular formula is C14H14BrClN2S. The third-order valence-electron chi connectivity index (χ3n) is 2.69. The molecule has 0 amide bonds. The van der Waals surface area contributed by atoms with Gasteiger partial charge >= 0.3 is 0 Å². The van der Waals surface area contributed by atoms with Crippen LogP contribution in [-0.2, 0) is 0 Å². The van der Waals surface area contributed by atoms with E-state index in [1.807, 2.05) is 42.5 Å². The van der Waals surface area contributed by atoms with Gasteiger partial charge in [0.05, 0.1) is 6.04 Å². The molecule has 0 bridgehead atoms. The molecule has 0 aromatic heterocycles. The van der Waals surface area contributed by atoms with E-state index in [-0.39, 0.29) is 6.04 Å². The first kappa shape index (κ1) is 14.9. The van der Waals surface area contributed by atoms with Gasteiger partial charge < -0.3 is 0 Å². The molecule has 3 N–H and O–H groups in total. The normalized spacial score (nSPS) is 12.4. The maximum absolute atomic E-state index is 6.01. The van der Waals surface area contributed by atoms with Crippen LogP contribution >= 0.6 is 39.3 Å². The van der Waals surface area contributed by atoms with E-state index >= 15 is 0 Å². The van der Waals surface area contributed by atoms with Crippen LogP contribution < -0.4 is 11.3 Å². The number of nitrogens with one attached hydrogen (secondary N) is 1. The van der Waals surface area contributed by atoms with Crippen LogP contribution in [-0.4, -0.2) is 5.75 Å². The average Bonchev–Trinajstić information content (AvgIpc) is 2.41. The van der Waals surface area contributed by atoms with E-state index < -0.39 is 0 Å². The second kappa shape index (κ2) is 7.31. The number of hydrogen-bond acceptors (Lipinski definition) is 3. The van der Waals surface area contributed by atoms with Gasteiger partial charge in [-0.25, -0.2) is 0 Å². The lowest BCUT2D eigenvalue weighted by Gasteiger charge is -2.16. The van der Waals surface area contributed by atoms with E-state index in [0.717, 1.165) is 20.8 Å². The summed E-state index contributed by atoms with van der Waals surface area (Å²) < 4.78 is 1.10. The van der Waals surface area contributed by atoms with Gasteiger partial charge in [-0.05, 0) is 45.8 Å². The molecule has 0 saturated carbocycles. The molecular weight excluding hydrogens is 344 g/mol. The van der Waals surface area contributed by atoms with Crippen LogP contribution in [0.25, 0.3) is 0 Å². The molecule has 0 aliphatic rings. The predicted molar refractivity (Wildman–Crippen MR) is 86.4 cm³/mol. The van der Waals surface area contributed by atoms with Gasteiger partial charge in [-0.15, -0.1) is 11.8 Å². The summed E-state index contributed by atoms with van der Waals surface area (Å²) in [5.41, 5.74) is 3.93. The minimum Gasteiger partial charge on any atom is -0.271 e. The smallest absolute Gasteiger partial charge is 0.0554 e. The van der Waals surface area contributed by atoms with Gasteiger partial charge in [-0.2, -0.15) is 0 Å². The second-order valence-corrected chi connectivity index (χ2v) is 6.37. The Morgan fingerprint density at radius 1 is 1.21 bits per heavy atom. The van der Waals surface area contributed by atoms with Crippen molar-refractivity contribution in [1.82, 2.24) is 5.43 Å². The fraction of sp³-hybridized carbons (Fsp3) is 0.143. The van der Waals surface area contributed by atoms with Gasteiger partial charge in [-0.1, -0.05) is 35.9 Å². The Bertz CT molecular complexity index is 550. The predicted octanol–water partition coefficient (Wildman–Crippen LogP) is 4.40. The summed E-state index contributed by atoms with van der Waals surface area (Å²) in [5, 5.41) is 0.726. The Kier molecular flexibility index (Phi) is 5.73. The molecule has 1 atom stereocenters. The fourth-order valence-corrected chi connectivity index (χ4v) is 3.54. The van der Waals surface area contributed by atoms with E-state index in [4.69, 9.17) is 17.4 Å². The molecule has 0 aliphatic heterocycles. The van der Waals surface area contributed by atoms with Gasteiger partial charge in [-0.3, -0.25) is 11.3 Å². The molecule has 0 radical (unpaired) electrons. The maximum Gasteiger partial charge on any atom is 0.0554 e. The molecule has 0 aliphatic carbocycles. The van der Waals surface area contributed by atoms with Gasteiger partial charge in [0.15, 0.2) is 0 Å². The van der Waals surface area contributed by atoms with Gasteiger partial charge in [0.1, 0.15) is 0 Å². The van der Waals surface area contributed by atoms with E-state index in [1.165, 1.54) is 4.90 Å². The second-order valence-electron chi connectivity index (χ2n) is 4.02. The first-order valence-corrected chi connectivity index (χ1v) is 7.95. The largest absolute Gasteiger partial charge is 0.271 e. The van der Waals surface area contributed by atoms with Crippen LogP contribution in [0.2, 0.25) is 5.02 Å². The number of hydrogen-bond donors (Lipinski definition) is 2. The maximum atomic E-state index is 6.01. The lowest BCUT2D eigenvalue weighted by molar-refractivity contribution is 0.611. The van der Waals surface area contributed by atoms with Crippen LogP contribution in [0, 0.1) is 0 Å². The van der Waals surface area contributed by atoms with E-state index in [1.54, 1.807) is 11.8 Å². The van der Waals surface area contributed by atoms with Crippen molar-refractivity contribution in [3.8, 4) is 0 Å². The third kappa shape index (κ3) is 4.23. The molecule has 100 valence electrons. The zero-order valence-corrected chi connectivity index (χ0v) is 13.3. The topological polar surface area (TPSA) is 38.0 Å². The summed E-state index contributed by atoms with van der Waals surface area (Å²) in [7, 11) is 0. The van der Waals surface area contributed by atoms with Crippen LogP contribution in [0.1, 0.15) is 11.6 Å². The molecule has 0 fully saturated rings. The first-order valence-electron chi connectivity index (χ1n) is 5.79. The number of halogens is 2. The van der Waals surface area contributed by atoms with Crippen molar-refractivity contribution < 1.29 is 0 Å². The van der Waals surface area contributed by atoms with Crippen molar-refractivity contribution >= 4 is 39.3 Å². The van der Waals surface area contributed by atoms with Crippen molar-refractivity contribution in [2.24, 2.45) is 5.84 Å². The molecule has 2 rings (SSSR count). The number of hydrazine groups is 1. The zero-order chi connectivity index (χ0) is 13.7. The van der Waals surface area contributed by atoms with Gasteiger partial charge in [0, 0.05) is 20.1 Å². The molecule has 0 saturated heterocycles. The lowest BCUT2D eigenvalue weighted by Crippen LogP contribution is -2.29. The van der Waals surface area contributed by atoms with Crippen LogP contribution in [0.4, 0.5) is 0 Å². The Labute approximate surface area is 130 Å². The molecule has 2 nitrogen and oxygen atoms in total. The Hall–Kier alpha value is -0.520. The zero-order valence-electron chi connectivity index (χ0n) is 10.1. The number of thioether (sulfide) groups is 1. The number of benzene rings is 2. The molecule has 2 aromatic rings. The number of nitrogens with two attached hydrogens (primary N) is 1. The van der Waals surface area contributed by atoms with E-state index in [9.17, 15) is 0 Å². The van der Waals surface area contributed by atoms with Crippen molar-refractivity contribution in [2.45, 2.75) is 10.9 Å². The minimum atomic E-state index is 0.0656. The average molecular weight is 358 g/mol. The highest BCUT2D eigenvalue weighted by molar-refractivity contribution is 9.10. The van der Waals surface area contributed by atoms with Crippen molar-refractivity contribution in [2.75, 3.05) is 5.75 Å². The molecule has 0 spiro atoms. The van der Waals surface area contributed by atoms with Crippen molar-refractivity contribution in [1.29, 1.82) is 0 Å². The highest BCUT2D eigenvalue weighted by Crippen LogP contribution is 2.30. The SMILES string of the molecule is NNC(CSc1ccccc1Br)c1cccc(Cl)c1. The van der Waals surface area contributed by atoms with Crippen LogP contribution in [0.15, 0.2) is 57.9 Å².